The maximum Gasteiger partial charge on any atom is 0.420 e. The molecule has 0 radical (unpaired) electrons. The lowest BCUT2D eigenvalue weighted by molar-refractivity contribution is -0.146. The summed E-state index contributed by atoms with van der Waals surface area (Å²) in [4.78, 5) is 65.5. The Morgan fingerprint density at radius 2 is 1.17 bits per heavy atom. The SMILES string of the molecule is NCCCC[C@@H](C(=O)N[C@@H](CC(Cc1ccccc1)C(=O)O)C(=O)O)N(C(=O)OCc1ccccc1)C(=O)OCc1ccccc1. The molecule has 0 aliphatic carbocycles. The average Bonchev–Trinajstić information content (AvgIpc) is 3.06. The van der Waals surface area contributed by atoms with Crippen LogP contribution >= 0.6 is 0 Å². The molecule has 0 aliphatic heterocycles. The second kappa shape index (κ2) is 18.5. The summed E-state index contributed by atoms with van der Waals surface area (Å²) in [6.45, 7) is -0.156. The minimum absolute atomic E-state index is 0.0273. The maximum absolute atomic E-state index is 13.8. The van der Waals surface area contributed by atoms with E-state index in [0.717, 1.165) is 0 Å². The number of carbonyl (C=O) groups is 5. The molecule has 12 heteroatoms. The minimum Gasteiger partial charge on any atom is -0.481 e. The van der Waals surface area contributed by atoms with E-state index in [1.54, 1.807) is 91.0 Å². The highest BCUT2D eigenvalue weighted by atomic mass is 16.6. The Kier molecular flexibility index (Phi) is 14.2. The first-order valence-electron chi connectivity index (χ1n) is 14.9. The molecular formula is C34H39N3O9. The van der Waals surface area contributed by atoms with Crippen LogP contribution in [0.15, 0.2) is 91.0 Å². The number of rotatable bonds is 17. The molecule has 0 fully saturated rings. The molecule has 3 aromatic carbocycles. The summed E-state index contributed by atoms with van der Waals surface area (Å²) in [7, 11) is 0. The number of benzene rings is 3. The van der Waals surface area contributed by atoms with Crippen molar-refractivity contribution in [2.24, 2.45) is 11.7 Å². The number of carbonyl (C=O) groups excluding carboxylic acids is 3. The van der Waals surface area contributed by atoms with E-state index in [2.05, 4.69) is 5.32 Å². The highest BCUT2D eigenvalue weighted by molar-refractivity contribution is 5.96. The molecule has 3 rings (SSSR count). The fourth-order valence-corrected chi connectivity index (χ4v) is 4.71. The third-order valence-corrected chi connectivity index (χ3v) is 7.16. The molecule has 0 spiro atoms. The van der Waals surface area contributed by atoms with Crippen molar-refractivity contribution in [3.05, 3.63) is 108 Å². The van der Waals surface area contributed by atoms with Gasteiger partial charge < -0.3 is 30.7 Å². The van der Waals surface area contributed by atoms with Crippen molar-refractivity contribution in [3.8, 4) is 0 Å². The number of aliphatic carboxylic acids is 2. The number of hydrogen-bond acceptors (Lipinski definition) is 8. The lowest BCUT2D eigenvalue weighted by atomic mass is 9.92. The Balaban J connectivity index is 1.87. The third kappa shape index (κ3) is 11.4. The molecular weight excluding hydrogens is 594 g/mol. The number of ether oxygens (including phenoxy) is 2. The predicted molar refractivity (Wildman–Crippen MR) is 167 cm³/mol. The molecule has 5 N–H and O–H groups in total. The normalized spacial score (nSPS) is 12.6. The van der Waals surface area contributed by atoms with E-state index in [1.807, 2.05) is 0 Å². The van der Waals surface area contributed by atoms with Gasteiger partial charge in [0.05, 0.1) is 5.92 Å². The maximum atomic E-state index is 13.8. The van der Waals surface area contributed by atoms with Crippen LogP contribution in [0.4, 0.5) is 9.59 Å². The van der Waals surface area contributed by atoms with Crippen LogP contribution in [0.5, 0.6) is 0 Å². The molecule has 0 saturated carbocycles. The topological polar surface area (TPSA) is 186 Å². The van der Waals surface area contributed by atoms with Crippen molar-refractivity contribution in [1.82, 2.24) is 10.2 Å². The molecule has 3 aromatic rings. The first-order chi connectivity index (χ1) is 22.2. The monoisotopic (exact) mass is 633 g/mol. The van der Waals surface area contributed by atoms with Crippen molar-refractivity contribution in [2.75, 3.05) is 6.54 Å². The number of amides is 3. The summed E-state index contributed by atoms with van der Waals surface area (Å²) < 4.78 is 10.8. The van der Waals surface area contributed by atoms with Crippen LogP contribution in [-0.2, 0) is 43.5 Å². The van der Waals surface area contributed by atoms with E-state index in [4.69, 9.17) is 15.2 Å². The number of nitrogens with zero attached hydrogens (tertiary/aromatic N) is 1. The number of carboxylic acid groups (broad SMARTS) is 2. The summed E-state index contributed by atoms with van der Waals surface area (Å²) in [5.74, 6) is -4.85. The van der Waals surface area contributed by atoms with Crippen LogP contribution < -0.4 is 11.1 Å². The molecule has 46 heavy (non-hydrogen) atoms. The molecule has 1 unspecified atom stereocenters. The van der Waals surface area contributed by atoms with Gasteiger partial charge in [-0.2, -0.15) is 4.90 Å². The van der Waals surface area contributed by atoms with E-state index in [9.17, 15) is 34.2 Å². The van der Waals surface area contributed by atoms with Crippen molar-refractivity contribution in [1.29, 1.82) is 0 Å². The first kappa shape index (κ1) is 35.3. The van der Waals surface area contributed by atoms with E-state index in [0.29, 0.717) is 34.4 Å². The Labute approximate surface area is 267 Å². The summed E-state index contributed by atoms with van der Waals surface area (Å²) in [5.41, 5.74) is 7.58. The number of nitrogens with one attached hydrogen (secondary N) is 1. The third-order valence-electron chi connectivity index (χ3n) is 7.16. The summed E-state index contributed by atoms with van der Waals surface area (Å²) in [5, 5.41) is 22.2. The Bertz CT molecular complexity index is 1370. The number of hydrogen-bond donors (Lipinski definition) is 4. The standard InChI is InChI=1S/C34H39N3O9/c35-19-11-10-18-29(30(38)36-28(32(41)42)21-27(31(39)40)20-24-12-4-1-5-13-24)37(33(43)45-22-25-14-6-2-7-15-25)34(44)46-23-26-16-8-3-9-17-26/h1-9,12-17,27-29H,10-11,18-23,35H2,(H,36,38)(H,39,40)(H,41,42)/t27?,28-,29-/m0/s1. The zero-order valence-electron chi connectivity index (χ0n) is 25.3. The van der Waals surface area contributed by atoms with Gasteiger partial charge in [0, 0.05) is 0 Å². The van der Waals surface area contributed by atoms with Gasteiger partial charge in [0.2, 0.25) is 5.91 Å². The van der Waals surface area contributed by atoms with Gasteiger partial charge in [-0.1, -0.05) is 91.0 Å². The zero-order valence-corrected chi connectivity index (χ0v) is 25.3. The molecule has 12 nitrogen and oxygen atoms in total. The molecule has 0 bridgehead atoms. The molecule has 0 aliphatic rings. The van der Waals surface area contributed by atoms with E-state index in [-0.39, 0.29) is 32.6 Å². The molecule has 0 aromatic heterocycles. The van der Waals surface area contributed by atoms with E-state index < -0.39 is 54.5 Å². The van der Waals surface area contributed by atoms with Crippen molar-refractivity contribution >= 4 is 30.0 Å². The molecule has 244 valence electrons. The number of unbranched alkanes of at least 4 members (excludes halogenated alkanes) is 1. The minimum atomic E-state index is -1.64. The smallest absolute Gasteiger partial charge is 0.420 e. The van der Waals surface area contributed by atoms with Gasteiger partial charge in [0.1, 0.15) is 25.3 Å². The largest absolute Gasteiger partial charge is 0.481 e. The highest BCUT2D eigenvalue weighted by Gasteiger charge is 2.39. The average molecular weight is 634 g/mol. The van der Waals surface area contributed by atoms with Gasteiger partial charge >= 0.3 is 24.1 Å². The molecule has 0 saturated heterocycles. The van der Waals surface area contributed by atoms with Crippen molar-refractivity contribution in [2.45, 2.75) is 57.4 Å². The quantitative estimate of drug-likeness (QED) is 0.156. The number of nitrogens with two attached hydrogens (primary N) is 1. The van der Waals surface area contributed by atoms with Crippen molar-refractivity contribution < 1.29 is 43.7 Å². The lowest BCUT2D eigenvalue weighted by Crippen LogP contribution is -2.55. The van der Waals surface area contributed by atoms with Crippen LogP contribution in [0.25, 0.3) is 0 Å². The first-order valence-corrected chi connectivity index (χ1v) is 14.9. The Hall–Kier alpha value is -5.23. The molecule has 3 atom stereocenters. The Morgan fingerprint density at radius 1 is 0.696 bits per heavy atom. The van der Waals surface area contributed by atoms with E-state index in [1.165, 1.54) is 0 Å². The summed E-state index contributed by atoms with van der Waals surface area (Å²) in [6.07, 6.45) is -2.11. The second-order valence-electron chi connectivity index (χ2n) is 10.6. The van der Waals surface area contributed by atoms with Gasteiger partial charge in [-0.05, 0) is 55.3 Å². The van der Waals surface area contributed by atoms with Crippen LogP contribution in [0.2, 0.25) is 0 Å². The highest BCUT2D eigenvalue weighted by Crippen LogP contribution is 2.19. The second-order valence-corrected chi connectivity index (χ2v) is 10.6. The lowest BCUT2D eigenvalue weighted by Gasteiger charge is -2.29. The molecule has 3 amide bonds. The zero-order chi connectivity index (χ0) is 33.3. The predicted octanol–water partition coefficient (Wildman–Crippen LogP) is 4.36. The van der Waals surface area contributed by atoms with Gasteiger partial charge in [-0.3, -0.25) is 9.59 Å². The van der Waals surface area contributed by atoms with Crippen LogP contribution in [0.3, 0.4) is 0 Å². The van der Waals surface area contributed by atoms with Gasteiger partial charge in [0.25, 0.3) is 0 Å². The van der Waals surface area contributed by atoms with Gasteiger partial charge in [-0.25, -0.2) is 14.4 Å². The van der Waals surface area contributed by atoms with Crippen molar-refractivity contribution in [3.63, 3.8) is 0 Å². The summed E-state index contributed by atoms with van der Waals surface area (Å²) in [6, 6.07) is 22.9. The summed E-state index contributed by atoms with van der Waals surface area (Å²) >= 11 is 0. The van der Waals surface area contributed by atoms with Crippen LogP contribution in [-0.4, -0.2) is 63.8 Å². The molecule has 0 heterocycles. The van der Waals surface area contributed by atoms with Crippen LogP contribution in [0, 0.1) is 5.92 Å². The fraction of sp³-hybridized carbons (Fsp3) is 0.324. The van der Waals surface area contributed by atoms with Crippen LogP contribution in [0.1, 0.15) is 42.4 Å². The van der Waals surface area contributed by atoms with Gasteiger partial charge in [-0.15, -0.1) is 0 Å². The number of carboxylic acids is 2. The van der Waals surface area contributed by atoms with E-state index >= 15 is 0 Å². The fourth-order valence-electron chi connectivity index (χ4n) is 4.71. The number of imide groups is 1. The Morgan fingerprint density at radius 3 is 1.61 bits per heavy atom. The van der Waals surface area contributed by atoms with Gasteiger partial charge in [0.15, 0.2) is 0 Å².